The third-order valence-corrected chi connectivity index (χ3v) is 1.46. The van der Waals surface area contributed by atoms with E-state index < -0.39 is 22.3 Å². The standard InChI is InChI=1S/C5H11NO5S/c1-4(6-5(7)8)3-11-12(2,9)10/h4,6H,3H2,1-2H3,(H,7,8)/p-1. The average molecular weight is 196 g/mol. The zero-order valence-corrected chi connectivity index (χ0v) is 7.55. The van der Waals surface area contributed by atoms with Crippen LogP contribution in [0.1, 0.15) is 6.92 Å². The molecule has 12 heavy (non-hydrogen) atoms. The normalized spacial score (nSPS) is 13.8. The van der Waals surface area contributed by atoms with E-state index in [9.17, 15) is 18.3 Å². The highest BCUT2D eigenvalue weighted by atomic mass is 32.2. The Kier molecular flexibility index (Phi) is 3.98. The molecule has 72 valence electrons. The van der Waals surface area contributed by atoms with Gasteiger partial charge in [0.25, 0.3) is 10.1 Å². The predicted molar refractivity (Wildman–Crippen MR) is 38.8 cm³/mol. The van der Waals surface area contributed by atoms with Gasteiger partial charge in [0.05, 0.1) is 12.9 Å². The summed E-state index contributed by atoms with van der Waals surface area (Å²) in [5, 5.41) is 11.8. The lowest BCUT2D eigenvalue weighted by Crippen LogP contribution is -2.44. The molecule has 1 amide bonds. The van der Waals surface area contributed by atoms with Crippen LogP contribution in [-0.2, 0) is 14.3 Å². The van der Waals surface area contributed by atoms with Gasteiger partial charge in [-0.05, 0) is 6.92 Å². The lowest BCUT2D eigenvalue weighted by atomic mass is 10.4. The molecular formula is C5H10NO5S-. The Morgan fingerprint density at radius 2 is 2.17 bits per heavy atom. The number of carbonyl (C=O) groups excluding carboxylic acids is 1. The molecule has 0 heterocycles. The van der Waals surface area contributed by atoms with Gasteiger partial charge in [-0.25, -0.2) is 0 Å². The summed E-state index contributed by atoms with van der Waals surface area (Å²) in [7, 11) is -3.51. The molecule has 7 heteroatoms. The molecule has 6 nitrogen and oxygen atoms in total. The van der Waals surface area contributed by atoms with Crippen molar-refractivity contribution in [1.82, 2.24) is 5.32 Å². The monoisotopic (exact) mass is 196 g/mol. The fourth-order valence-corrected chi connectivity index (χ4v) is 0.920. The van der Waals surface area contributed by atoms with Crippen molar-refractivity contribution in [3.05, 3.63) is 0 Å². The Morgan fingerprint density at radius 1 is 1.67 bits per heavy atom. The summed E-state index contributed by atoms with van der Waals surface area (Å²) in [4.78, 5) is 9.91. The van der Waals surface area contributed by atoms with Crippen LogP contribution < -0.4 is 10.4 Å². The van der Waals surface area contributed by atoms with Crippen LogP contribution in [0.25, 0.3) is 0 Å². The second-order valence-electron chi connectivity index (χ2n) is 2.32. The molecular weight excluding hydrogens is 186 g/mol. The molecule has 1 unspecified atom stereocenters. The number of hydrogen-bond donors (Lipinski definition) is 1. The summed E-state index contributed by atoms with van der Waals surface area (Å²) in [6.07, 6.45) is -0.571. The molecule has 1 N–H and O–H groups in total. The number of amides is 1. The Balaban J connectivity index is 3.72. The zero-order chi connectivity index (χ0) is 9.78. The van der Waals surface area contributed by atoms with Gasteiger partial charge >= 0.3 is 0 Å². The topological polar surface area (TPSA) is 95.5 Å². The summed E-state index contributed by atoms with van der Waals surface area (Å²) in [6.45, 7) is 1.23. The summed E-state index contributed by atoms with van der Waals surface area (Å²) in [5.41, 5.74) is 0. The van der Waals surface area contributed by atoms with E-state index in [0.29, 0.717) is 0 Å². The van der Waals surface area contributed by atoms with Crippen molar-refractivity contribution < 1.29 is 22.5 Å². The van der Waals surface area contributed by atoms with Crippen LogP contribution in [-0.4, -0.2) is 33.4 Å². The van der Waals surface area contributed by atoms with Crippen LogP contribution in [0.2, 0.25) is 0 Å². The largest absolute Gasteiger partial charge is 0.530 e. The van der Waals surface area contributed by atoms with Crippen molar-refractivity contribution in [2.45, 2.75) is 13.0 Å². The molecule has 0 bridgehead atoms. The van der Waals surface area contributed by atoms with Crippen molar-refractivity contribution in [1.29, 1.82) is 0 Å². The minimum atomic E-state index is -3.51. The van der Waals surface area contributed by atoms with E-state index in [2.05, 4.69) is 4.18 Å². The maximum atomic E-state index is 10.4. The second kappa shape index (κ2) is 4.27. The van der Waals surface area contributed by atoms with Crippen LogP contribution >= 0.6 is 0 Å². The van der Waals surface area contributed by atoms with Crippen molar-refractivity contribution in [2.24, 2.45) is 0 Å². The highest BCUT2D eigenvalue weighted by Crippen LogP contribution is 1.89. The SMILES string of the molecule is CC(COS(C)(=O)=O)NC(=O)[O-]. The molecule has 1 atom stereocenters. The van der Waals surface area contributed by atoms with Crippen LogP contribution in [0.5, 0.6) is 0 Å². The summed E-state index contributed by atoms with van der Waals surface area (Å²) in [5.74, 6) is 0. The van der Waals surface area contributed by atoms with E-state index in [1.54, 1.807) is 0 Å². The number of carbonyl (C=O) groups is 1. The highest BCUT2D eigenvalue weighted by Gasteiger charge is 2.06. The van der Waals surface area contributed by atoms with Gasteiger partial charge in [0.1, 0.15) is 6.09 Å². The van der Waals surface area contributed by atoms with Gasteiger partial charge in [-0.2, -0.15) is 8.42 Å². The number of rotatable bonds is 4. The number of hydrogen-bond acceptors (Lipinski definition) is 5. The van der Waals surface area contributed by atoms with Gasteiger partial charge in [0.2, 0.25) is 0 Å². The third-order valence-electron chi connectivity index (χ3n) is 0.896. The maximum Gasteiger partial charge on any atom is 0.264 e. The van der Waals surface area contributed by atoms with E-state index in [-0.39, 0.29) is 6.61 Å². The van der Waals surface area contributed by atoms with Gasteiger partial charge < -0.3 is 15.2 Å². The molecule has 0 aromatic rings. The molecule has 0 saturated carbocycles. The number of carboxylic acid groups (broad SMARTS) is 1. The first-order valence-corrected chi connectivity index (χ1v) is 4.95. The minimum Gasteiger partial charge on any atom is -0.530 e. The molecule has 0 aliphatic heterocycles. The van der Waals surface area contributed by atoms with Gasteiger partial charge in [-0.15, -0.1) is 0 Å². The first-order chi connectivity index (χ1) is 5.31. The summed E-state index contributed by atoms with van der Waals surface area (Å²) in [6, 6.07) is -0.607. The van der Waals surface area contributed by atoms with E-state index in [0.717, 1.165) is 6.26 Å². The Bertz CT molecular complexity index is 247. The van der Waals surface area contributed by atoms with Crippen molar-refractivity contribution >= 4 is 16.2 Å². The summed E-state index contributed by atoms with van der Waals surface area (Å²) >= 11 is 0. The second-order valence-corrected chi connectivity index (χ2v) is 3.97. The Morgan fingerprint density at radius 3 is 2.50 bits per heavy atom. The van der Waals surface area contributed by atoms with E-state index >= 15 is 0 Å². The first kappa shape index (κ1) is 11.2. The van der Waals surface area contributed by atoms with Crippen LogP contribution in [0.4, 0.5) is 4.79 Å². The average Bonchev–Trinajstić information content (AvgIpc) is 1.80. The summed E-state index contributed by atoms with van der Waals surface area (Å²) < 4.78 is 25.1. The first-order valence-electron chi connectivity index (χ1n) is 3.13. The third kappa shape index (κ3) is 7.29. The number of nitrogens with one attached hydrogen (secondary N) is 1. The van der Waals surface area contributed by atoms with Crippen LogP contribution in [0, 0.1) is 0 Å². The van der Waals surface area contributed by atoms with Crippen LogP contribution in [0.15, 0.2) is 0 Å². The highest BCUT2D eigenvalue weighted by molar-refractivity contribution is 7.85. The minimum absolute atomic E-state index is 0.229. The van der Waals surface area contributed by atoms with E-state index in [4.69, 9.17) is 0 Å². The zero-order valence-electron chi connectivity index (χ0n) is 6.73. The van der Waals surface area contributed by atoms with Gasteiger partial charge in [-0.1, -0.05) is 0 Å². The van der Waals surface area contributed by atoms with E-state index in [1.165, 1.54) is 6.92 Å². The smallest absolute Gasteiger partial charge is 0.264 e. The molecule has 0 rings (SSSR count). The fourth-order valence-electron chi connectivity index (χ4n) is 0.469. The quantitative estimate of drug-likeness (QED) is 0.540. The molecule has 0 fully saturated rings. The Hall–Kier alpha value is -0.820. The maximum absolute atomic E-state index is 10.4. The lowest BCUT2D eigenvalue weighted by molar-refractivity contribution is -0.251. The predicted octanol–water partition coefficient (Wildman–Crippen LogP) is -1.72. The van der Waals surface area contributed by atoms with Gasteiger partial charge in [0, 0.05) is 6.04 Å². The molecule has 0 saturated heterocycles. The van der Waals surface area contributed by atoms with Crippen molar-refractivity contribution in [3.63, 3.8) is 0 Å². The molecule has 0 aliphatic carbocycles. The molecule has 0 spiro atoms. The molecule has 0 aromatic heterocycles. The molecule has 0 aromatic carbocycles. The lowest BCUT2D eigenvalue weighted by Gasteiger charge is -2.14. The van der Waals surface area contributed by atoms with Crippen LogP contribution in [0.3, 0.4) is 0 Å². The van der Waals surface area contributed by atoms with Gasteiger partial charge in [0.15, 0.2) is 0 Å². The van der Waals surface area contributed by atoms with Crippen molar-refractivity contribution in [2.75, 3.05) is 12.9 Å². The fraction of sp³-hybridized carbons (Fsp3) is 0.800. The Labute approximate surface area is 70.7 Å². The molecule has 0 aliphatic rings. The van der Waals surface area contributed by atoms with E-state index in [1.807, 2.05) is 5.32 Å². The molecule has 0 radical (unpaired) electrons. The van der Waals surface area contributed by atoms with Crippen molar-refractivity contribution in [3.8, 4) is 0 Å². The van der Waals surface area contributed by atoms with Gasteiger partial charge in [-0.3, -0.25) is 4.18 Å².